The minimum absolute atomic E-state index is 0.0291. The highest BCUT2D eigenvalue weighted by atomic mass is 32.2. The number of likely N-dealkylation sites (N-methyl/N-ethyl adjacent to an activating group) is 1. The molecular weight excluding hydrogens is 450 g/mol. The van der Waals surface area contributed by atoms with Crippen LogP contribution in [0, 0.1) is 0 Å². The Balaban J connectivity index is 0.000000357. The number of ether oxygens (including phenoxy) is 1. The standard InChI is InChI=1S/C17H21NO5S.C6H6O3/c1-18(23-24(2)20)10-11-21-17-9-8-15(12-16(17)13-22-19)14-6-4-3-5-7-14;7-4-1-5(8)3-6(9)2-4/h3-9,12,19H,10-11,13H2,1-2H3;1-3,7-9H. The normalized spacial score (nSPS) is 11.5. The van der Waals surface area contributed by atoms with Gasteiger partial charge in [0, 0.05) is 37.1 Å². The Bertz CT molecular complexity index is 982. The van der Waals surface area contributed by atoms with E-state index < -0.39 is 11.1 Å². The van der Waals surface area contributed by atoms with Crippen LogP contribution in [0.25, 0.3) is 11.1 Å². The van der Waals surface area contributed by atoms with Crippen LogP contribution in [0.1, 0.15) is 5.56 Å². The SMILES string of the molecule is CN(CCOc1ccc(-c2ccccc2)cc1COO)OS(C)=O.Oc1cc(O)cc(O)c1. The van der Waals surface area contributed by atoms with Gasteiger partial charge in [-0.3, -0.25) is 5.26 Å². The minimum atomic E-state index is -1.36. The van der Waals surface area contributed by atoms with Crippen LogP contribution in [0.2, 0.25) is 0 Å². The Hall–Kier alpha value is -3.15. The molecule has 0 amide bonds. The Morgan fingerprint density at radius 2 is 1.48 bits per heavy atom. The van der Waals surface area contributed by atoms with Crippen LogP contribution in [0.15, 0.2) is 66.7 Å². The number of hydroxylamine groups is 2. The monoisotopic (exact) mass is 477 g/mol. The van der Waals surface area contributed by atoms with Gasteiger partial charge in [-0.1, -0.05) is 36.4 Å². The number of benzene rings is 3. The lowest BCUT2D eigenvalue weighted by Crippen LogP contribution is -2.25. The third-order valence-corrected chi connectivity index (χ3v) is 4.64. The average Bonchev–Trinajstić information content (AvgIpc) is 2.74. The number of rotatable bonds is 9. The lowest BCUT2D eigenvalue weighted by atomic mass is 10.0. The van der Waals surface area contributed by atoms with Crippen molar-refractivity contribution in [3.05, 3.63) is 72.3 Å². The average molecular weight is 478 g/mol. The molecule has 4 N–H and O–H groups in total. The highest BCUT2D eigenvalue weighted by Gasteiger charge is 2.09. The second-order valence-corrected chi connectivity index (χ2v) is 7.80. The van der Waals surface area contributed by atoms with E-state index in [1.807, 2.05) is 48.5 Å². The van der Waals surface area contributed by atoms with E-state index in [4.69, 9.17) is 29.6 Å². The maximum atomic E-state index is 11.0. The van der Waals surface area contributed by atoms with Gasteiger partial charge in [0.15, 0.2) is 11.1 Å². The van der Waals surface area contributed by atoms with Crippen LogP contribution in [-0.2, 0) is 26.9 Å². The van der Waals surface area contributed by atoms with E-state index in [1.165, 1.54) is 11.3 Å². The Morgan fingerprint density at radius 1 is 0.879 bits per heavy atom. The zero-order valence-electron chi connectivity index (χ0n) is 18.2. The number of hydrogen-bond donors (Lipinski definition) is 4. The molecular formula is C23H27NO8S. The van der Waals surface area contributed by atoms with Crippen molar-refractivity contribution in [2.75, 3.05) is 26.5 Å². The molecule has 178 valence electrons. The van der Waals surface area contributed by atoms with Gasteiger partial charge >= 0.3 is 0 Å². The van der Waals surface area contributed by atoms with Crippen LogP contribution in [0.3, 0.4) is 0 Å². The summed E-state index contributed by atoms with van der Waals surface area (Å²) in [5.41, 5.74) is 2.82. The van der Waals surface area contributed by atoms with Crippen LogP contribution in [0.4, 0.5) is 0 Å². The van der Waals surface area contributed by atoms with Crippen LogP contribution >= 0.6 is 0 Å². The second-order valence-electron chi connectivity index (χ2n) is 6.85. The molecule has 33 heavy (non-hydrogen) atoms. The summed E-state index contributed by atoms with van der Waals surface area (Å²) in [6.07, 6.45) is 1.45. The summed E-state index contributed by atoms with van der Waals surface area (Å²) in [5.74, 6) is 0.183. The maximum Gasteiger partial charge on any atom is 0.170 e. The lowest BCUT2D eigenvalue weighted by Gasteiger charge is -2.16. The van der Waals surface area contributed by atoms with Crippen LogP contribution in [0.5, 0.6) is 23.0 Å². The first kappa shape index (κ1) is 26.1. The molecule has 0 aliphatic carbocycles. The van der Waals surface area contributed by atoms with E-state index in [0.717, 1.165) is 34.9 Å². The fraction of sp³-hybridized carbons (Fsp3) is 0.217. The molecule has 0 heterocycles. The summed E-state index contributed by atoms with van der Waals surface area (Å²) in [5, 5.41) is 36.3. The van der Waals surface area contributed by atoms with E-state index >= 15 is 0 Å². The number of aromatic hydroxyl groups is 3. The van der Waals surface area contributed by atoms with Crippen molar-refractivity contribution in [2.24, 2.45) is 0 Å². The third kappa shape index (κ3) is 9.48. The molecule has 1 atom stereocenters. The third-order valence-electron chi connectivity index (χ3n) is 4.17. The van der Waals surface area contributed by atoms with E-state index in [9.17, 15) is 4.21 Å². The molecule has 0 saturated carbocycles. The van der Waals surface area contributed by atoms with E-state index in [2.05, 4.69) is 4.89 Å². The molecule has 0 fully saturated rings. The highest BCUT2D eigenvalue weighted by molar-refractivity contribution is 7.79. The summed E-state index contributed by atoms with van der Waals surface area (Å²) < 4.78 is 21.7. The fourth-order valence-electron chi connectivity index (χ4n) is 2.79. The highest BCUT2D eigenvalue weighted by Crippen LogP contribution is 2.27. The Kier molecular flexibility index (Phi) is 10.6. The van der Waals surface area contributed by atoms with Gasteiger partial charge in [-0.05, 0) is 23.3 Å². The molecule has 0 aliphatic heterocycles. The van der Waals surface area contributed by atoms with Crippen molar-refractivity contribution in [1.29, 1.82) is 0 Å². The summed E-state index contributed by atoms with van der Waals surface area (Å²) in [7, 11) is 1.68. The molecule has 3 aromatic carbocycles. The largest absolute Gasteiger partial charge is 0.508 e. The molecule has 3 aromatic rings. The van der Waals surface area contributed by atoms with Gasteiger partial charge in [0.05, 0.1) is 6.54 Å². The van der Waals surface area contributed by atoms with Gasteiger partial charge in [0.1, 0.15) is 36.2 Å². The van der Waals surface area contributed by atoms with Gasteiger partial charge in [-0.25, -0.2) is 9.10 Å². The van der Waals surface area contributed by atoms with Gasteiger partial charge in [0.25, 0.3) is 0 Å². The molecule has 9 nitrogen and oxygen atoms in total. The van der Waals surface area contributed by atoms with Crippen molar-refractivity contribution >= 4 is 11.1 Å². The smallest absolute Gasteiger partial charge is 0.170 e. The van der Waals surface area contributed by atoms with Gasteiger partial charge in [-0.2, -0.15) is 9.35 Å². The number of hydrogen-bond acceptors (Lipinski definition) is 9. The van der Waals surface area contributed by atoms with Gasteiger partial charge < -0.3 is 20.1 Å². The number of phenols is 3. The minimum Gasteiger partial charge on any atom is -0.508 e. The van der Waals surface area contributed by atoms with Crippen molar-refractivity contribution in [3.63, 3.8) is 0 Å². The van der Waals surface area contributed by atoms with Gasteiger partial charge in [0.2, 0.25) is 0 Å². The number of phenolic OH excluding ortho intramolecular Hbond substituents is 3. The quantitative estimate of drug-likeness (QED) is 0.269. The Labute approximate surface area is 194 Å². The molecule has 0 spiro atoms. The molecule has 3 rings (SSSR count). The lowest BCUT2D eigenvalue weighted by molar-refractivity contribution is -0.253. The fourth-order valence-corrected chi connectivity index (χ4v) is 3.23. The van der Waals surface area contributed by atoms with Crippen LogP contribution < -0.4 is 4.74 Å². The van der Waals surface area contributed by atoms with E-state index in [-0.39, 0.29) is 23.9 Å². The molecule has 0 aliphatic rings. The van der Waals surface area contributed by atoms with Crippen molar-refractivity contribution in [1.82, 2.24) is 5.06 Å². The van der Waals surface area contributed by atoms with Crippen molar-refractivity contribution in [3.8, 4) is 34.1 Å². The summed E-state index contributed by atoms with van der Waals surface area (Å²) in [6, 6.07) is 19.0. The first-order valence-electron chi connectivity index (χ1n) is 9.81. The number of nitrogens with zero attached hydrogens (tertiary/aromatic N) is 1. The Morgan fingerprint density at radius 3 is 2.03 bits per heavy atom. The molecule has 0 radical (unpaired) electrons. The van der Waals surface area contributed by atoms with E-state index in [1.54, 1.807) is 7.05 Å². The summed E-state index contributed by atoms with van der Waals surface area (Å²) in [4.78, 5) is 4.28. The van der Waals surface area contributed by atoms with E-state index in [0.29, 0.717) is 18.9 Å². The van der Waals surface area contributed by atoms with Gasteiger partial charge in [-0.15, -0.1) is 0 Å². The maximum absolute atomic E-state index is 11.0. The van der Waals surface area contributed by atoms with Crippen molar-refractivity contribution < 1.29 is 38.7 Å². The second kappa shape index (κ2) is 13.4. The zero-order valence-corrected chi connectivity index (χ0v) is 19.1. The molecule has 10 heteroatoms. The topological polar surface area (TPSA) is 129 Å². The molecule has 0 saturated heterocycles. The molecule has 1 unspecified atom stereocenters. The summed E-state index contributed by atoms with van der Waals surface area (Å²) >= 11 is -1.36. The first-order valence-corrected chi connectivity index (χ1v) is 11.3. The first-order chi connectivity index (χ1) is 15.8. The predicted molar refractivity (Wildman–Crippen MR) is 124 cm³/mol. The zero-order chi connectivity index (χ0) is 24.2. The molecule has 0 aromatic heterocycles. The molecule has 0 bridgehead atoms. The van der Waals surface area contributed by atoms with Crippen molar-refractivity contribution in [2.45, 2.75) is 6.61 Å². The summed E-state index contributed by atoms with van der Waals surface area (Å²) in [6.45, 7) is 0.817. The predicted octanol–water partition coefficient (Wildman–Crippen LogP) is 3.68. The van der Waals surface area contributed by atoms with Crippen LogP contribution in [-0.4, -0.2) is 56.3 Å².